The summed E-state index contributed by atoms with van der Waals surface area (Å²) in [5.74, 6) is -0.0627. The minimum absolute atomic E-state index is 0.189. The predicted molar refractivity (Wildman–Crippen MR) is 107 cm³/mol. The molecular weight excluding hydrogens is 354 g/mol. The Bertz CT molecular complexity index is 1070. The number of amides is 2. The maximum absolute atomic E-state index is 12.6. The predicted octanol–water partition coefficient (Wildman–Crippen LogP) is 3.91. The van der Waals surface area contributed by atoms with Crippen molar-refractivity contribution in [1.82, 2.24) is 4.98 Å². The molecule has 1 heterocycles. The number of nitrogens with one attached hydrogen (secondary N) is 3. The van der Waals surface area contributed by atoms with E-state index < -0.39 is 0 Å². The molecule has 1 aromatic heterocycles. The van der Waals surface area contributed by atoms with Gasteiger partial charge in [-0.15, -0.1) is 0 Å². The van der Waals surface area contributed by atoms with E-state index in [9.17, 15) is 14.9 Å². The molecule has 0 saturated carbocycles. The van der Waals surface area contributed by atoms with E-state index in [4.69, 9.17) is 0 Å². The third kappa shape index (κ3) is 4.71. The molecule has 0 spiro atoms. The molecule has 3 aromatic rings. The molecule has 0 bridgehead atoms. The molecule has 0 aliphatic heterocycles. The quantitative estimate of drug-likeness (QED) is 0.630. The zero-order valence-electron chi connectivity index (χ0n) is 15.1. The highest BCUT2D eigenvalue weighted by molar-refractivity contribution is 6.05. The third-order valence-electron chi connectivity index (χ3n) is 3.77. The molecule has 7 nitrogen and oxygen atoms in total. The zero-order valence-corrected chi connectivity index (χ0v) is 15.1. The first-order chi connectivity index (χ1) is 13.5. The SMILES string of the molecule is CC(=O)Nc1cccc(NC(=O)c2ccnc(Nc3ccccc3C#N)c2)c1. The van der Waals surface area contributed by atoms with Crippen molar-refractivity contribution in [2.75, 3.05) is 16.0 Å². The number of nitrogens with zero attached hydrogens (tertiary/aromatic N) is 2. The maximum Gasteiger partial charge on any atom is 0.255 e. The van der Waals surface area contributed by atoms with Crippen LogP contribution in [-0.4, -0.2) is 16.8 Å². The van der Waals surface area contributed by atoms with Crippen molar-refractivity contribution in [1.29, 1.82) is 5.26 Å². The number of anilines is 4. The zero-order chi connectivity index (χ0) is 19.9. The molecule has 3 N–H and O–H groups in total. The molecule has 7 heteroatoms. The van der Waals surface area contributed by atoms with Crippen LogP contribution in [0.2, 0.25) is 0 Å². The van der Waals surface area contributed by atoms with Gasteiger partial charge in [-0.3, -0.25) is 9.59 Å². The summed E-state index contributed by atoms with van der Waals surface area (Å²) < 4.78 is 0. The number of aromatic nitrogens is 1. The molecule has 0 unspecified atom stereocenters. The summed E-state index contributed by atoms with van der Waals surface area (Å²) in [5.41, 5.74) is 2.64. The third-order valence-corrected chi connectivity index (χ3v) is 3.77. The Balaban J connectivity index is 1.76. The van der Waals surface area contributed by atoms with Gasteiger partial charge < -0.3 is 16.0 Å². The topological polar surface area (TPSA) is 107 Å². The number of hydrogen-bond donors (Lipinski definition) is 3. The Morgan fingerprint density at radius 3 is 2.46 bits per heavy atom. The number of carbonyl (C=O) groups excluding carboxylic acids is 2. The number of rotatable bonds is 5. The van der Waals surface area contributed by atoms with Gasteiger partial charge in [-0.1, -0.05) is 18.2 Å². The highest BCUT2D eigenvalue weighted by Gasteiger charge is 2.09. The highest BCUT2D eigenvalue weighted by Crippen LogP contribution is 2.20. The van der Waals surface area contributed by atoms with Crippen LogP contribution in [0.1, 0.15) is 22.8 Å². The van der Waals surface area contributed by atoms with Gasteiger partial charge in [-0.2, -0.15) is 5.26 Å². The summed E-state index contributed by atoms with van der Waals surface area (Å²) in [6.45, 7) is 1.42. The molecule has 0 saturated heterocycles. The number of para-hydroxylation sites is 1. The van der Waals surface area contributed by atoms with Crippen LogP contribution >= 0.6 is 0 Å². The Morgan fingerprint density at radius 1 is 0.964 bits per heavy atom. The monoisotopic (exact) mass is 371 g/mol. The number of pyridine rings is 1. The second-order valence-corrected chi connectivity index (χ2v) is 5.93. The van der Waals surface area contributed by atoms with E-state index >= 15 is 0 Å². The van der Waals surface area contributed by atoms with Crippen molar-refractivity contribution in [3.05, 3.63) is 78.0 Å². The molecule has 0 atom stereocenters. The normalized spacial score (nSPS) is 9.86. The second kappa shape index (κ2) is 8.47. The van der Waals surface area contributed by atoms with E-state index in [0.29, 0.717) is 34.0 Å². The molecule has 0 fully saturated rings. The van der Waals surface area contributed by atoms with Crippen molar-refractivity contribution in [2.45, 2.75) is 6.92 Å². The van der Waals surface area contributed by atoms with Gasteiger partial charge in [0.15, 0.2) is 0 Å². The summed E-state index contributed by atoms with van der Waals surface area (Å²) in [7, 11) is 0. The fourth-order valence-electron chi connectivity index (χ4n) is 2.55. The van der Waals surface area contributed by atoms with Crippen LogP contribution in [0.5, 0.6) is 0 Å². The molecule has 2 aromatic carbocycles. The molecule has 0 aliphatic carbocycles. The van der Waals surface area contributed by atoms with Crippen LogP contribution < -0.4 is 16.0 Å². The van der Waals surface area contributed by atoms with E-state index in [2.05, 4.69) is 27.0 Å². The Labute approximate surface area is 162 Å². The van der Waals surface area contributed by atoms with E-state index in [-0.39, 0.29) is 11.8 Å². The van der Waals surface area contributed by atoms with Gasteiger partial charge in [0.1, 0.15) is 11.9 Å². The molecule has 0 aliphatic rings. The van der Waals surface area contributed by atoms with Gasteiger partial charge >= 0.3 is 0 Å². The van der Waals surface area contributed by atoms with Gasteiger partial charge in [0, 0.05) is 30.1 Å². The fourth-order valence-corrected chi connectivity index (χ4v) is 2.55. The fraction of sp³-hybridized carbons (Fsp3) is 0.0476. The summed E-state index contributed by atoms with van der Waals surface area (Å²) in [4.78, 5) is 27.9. The average Bonchev–Trinajstić information content (AvgIpc) is 2.68. The van der Waals surface area contributed by atoms with Gasteiger partial charge in [0.2, 0.25) is 5.91 Å². The van der Waals surface area contributed by atoms with Crippen LogP contribution in [0.3, 0.4) is 0 Å². The Morgan fingerprint density at radius 2 is 1.71 bits per heavy atom. The van der Waals surface area contributed by atoms with Crippen molar-refractivity contribution < 1.29 is 9.59 Å². The van der Waals surface area contributed by atoms with Crippen molar-refractivity contribution in [3.8, 4) is 6.07 Å². The standard InChI is InChI=1S/C21H17N5O2/c1-14(27)24-17-6-4-7-18(12-17)25-21(28)15-9-10-23-20(11-15)26-19-8-3-2-5-16(19)13-22/h2-12H,1H3,(H,23,26)(H,24,27)(H,25,28). The van der Waals surface area contributed by atoms with Crippen molar-refractivity contribution in [2.24, 2.45) is 0 Å². The van der Waals surface area contributed by atoms with Gasteiger partial charge in [-0.05, 0) is 42.5 Å². The smallest absolute Gasteiger partial charge is 0.255 e. The first-order valence-electron chi connectivity index (χ1n) is 8.46. The van der Waals surface area contributed by atoms with Crippen LogP contribution in [0.15, 0.2) is 66.9 Å². The molecule has 2 amide bonds. The van der Waals surface area contributed by atoms with Crippen molar-refractivity contribution in [3.63, 3.8) is 0 Å². The lowest BCUT2D eigenvalue weighted by Crippen LogP contribution is -2.13. The van der Waals surface area contributed by atoms with Crippen LogP contribution in [-0.2, 0) is 4.79 Å². The van der Waals surface area contributed by atoms with E-state index in [1.165, 1.54) is 13.1 Å². The van der Waals surface area contributed by atoms with Crippen LogP contribution in [0.25, 0.3) is 0 Å². The Hall–Kier alpha value is -4.18. The Kier molecular flexibility index (Phi) is 5.63. The largest absolute Gasteiger partial charge is 0.339 e. The minimum Gasteiger partial charge on any atom is -0.339 e. The van der Waals surface area contributed by atoms with Crippen LogP contribution in [0.4, 0.5) is 22.9 Å². The number of carbonyl (C=O) groups is 2. The molecule has 138 valence electrons. The number of nitriles is 1. The van der Waals surface area contributed by atoms with Gasteiger partial charge in [0.25, 0.3) is 5.91 Å². The molecule has 28 heavy (non-hydrogen) atoms. The van der Waals surface area contributed by atoms with Gasteiger partial charge in [0.05, 0.1) is 11.3 Å². The lowest BCUT2D eigenvalue weighted by Gasteiger charge is -2.10. The highest BCUT2D eigenvalue weighted by atomic mass is 16.2. The first-order valence-corrected chi connectivity index (χ1v) is 8.46. The summed E-state index contributed by atoms with van der Waals surface area (Å²) >= 11 is 0. The van der Waals surface area contributed by atoms with Crippen molar-refractivity contribution >= 4 is 34.7 Å². The average molecular weight is 371 g/mol. The molecular formula is C21H17N5O2. The summed E-state index contributed by atoms with van der Waals surface area (Å²) in [6.07, 6.45) is 1.51. The summed E-state index contributed by atoms with van der Waals surface area (Å²) in [5, 5.41) is 17.7. The van der Waals surface area contributed by atoms with E-state index in [1.54, 1.807) is 54.6 Å². The number of hydrogen-bond acceptors (Lipinski definition) is 5. The first kappa shape index (κ1) is 18.6. The minimum atomic E-state index is -0.320. The van der Waals surface area contributed by atoms with Crippen LogP contribution in [0, 0.1) is 11.3 Å². The lowest BCUT2D eigenvalue weighted by molar-refractivity contribution is -0.114. The van der Waals surface area contributed by atoms with E-state index in [0.717, 1.165) is 0 Å². The maximum atomic E-state index is 12.6. The summed E-state index contributed by atoms with van der Waals surface area (Å²) in [6, 6.07) is 19.2. The van der Waals surface area contributed by atoms with E-state index in [1.807, 2.05) is 6.07 Å². The molecule has 3 rings (SSSR count). The number of benzene rings is 2. The van der Waals surface area contributed by atoms with Gasteiger partial charge in [-0.25, -0.2) is 4.98 Å². The lowest BCUT2D eigenvalue weighted by atomic mass is 10.2. The second-order valence-electron chi connectivity index (χ2n) is 5.93. The molecule has 0 radical (unpaired) electrons.